The highest BCUT2D eigenvalue weighted by atomic mass is 16.6. The Bertz CT molecular complexity index is 618. The van der Waals surface area contributed by atoms with Crippen LogP contribution < -0.4 is 0 Å². The number of aldehydes is 1. The Morgan fingerprint density at radius 1 is 1.30 bits per heavy atom. The van der Waals surface area contributed by atoms with Crippen molar-refractivity contribution in [2.45, 2.75) is 18.8 Å². The van der Waals surface area contributed by atoms with E-state index in [0.29, 0.717) is 11.8 Å². The van der Waals surface area contributed by atoms with Gasteiger partial charge in [0.25, 0.3) is 0 Å². The van der Waals surface area contributed by atoms with Crippen molar-refractivity contribution in [1.29, 1.82) is 0 Å². The first kappa shape index (κ1) is 13.9. The second-order valence-electron chi connectivity index (χ2n) is 4.73. The molecule has 20 heavy (non-hydrogen) atoms. The molecule has 0 saturated heterocycles. The predicted molar refractivity (Wildman–Crippen MR) is 66.2 cm³/mol. The van der Waals surface area contributed by atoms with Gasteiger partial charge < -0.3 is 14.3 Å². The highest BCUT2D eigenvalue weighted by Crippen LogP contribution is 2.30. The highest BCUT2D eigenvalue weighted by Gasteiger charge is 2.35. The van der Waals surface area contributed by atoms with Gasteiger partial charge in [-0.25, -0.2) is 9.59 Å². The summed E-state index contributed by atoms with van der Waals surface area (Å²) < 4.78 is 9.03. The van der Waals surface area contributed by atoms with Crippen molar-refractivity contribution in [3.8, 4) is 0 Å². The average molecular weight is 276 g/mol. The van der Waals surface area contributed by atoms with Gasteiger partial charge in [-0.3, -0.25) is 4.79 Å². The first-order chi connectivity index (χ1) is 9.41. The normalized spacial score (nSPS) is 16.1. The third-order valence-corrected chi connectivity index (χ3v) is 3.30. The lowest BCUT2D eigenvalue weighted by Gasteiger charge is -2.22. The van der Waals surface area contributed by atoms with E-state index in [0.717, 1.165) is 0 Å². The minimum atomic E-state index is -1.13. The van der Waals surface area contributed by atoms with Crippen molar-refractivity contribution < 1.29 is 28.7 Å². The fourth-order valence-corrected chi connectivity index (χ4v) is 2.02. The van der Waals surface area contributed by atoms with Crippen LogP contribution in [0.2, 0.25) is 0 Å². The molecule has 2 rings (SSSR count). The summed E-state index contributed by atoms with van der Waals surface area (Å²) in [6.45, 7) is 1.56. The number of fused-ring (bicyclic) bond motifs is 1. The Morgan fingerprint density at radius 3 is 2.55 bits per heavy atom. The van der Waals surface area contributed by atoms with E-state index in [1.54, 1.807) is 6.92 Å². The summed E-state index contributed by atoms with van der Waals surface area (Å²) in [6, 6.07) is 4.34. The molecule has 0 radical (unpaired) electrons. The standard InChI is InChI=1S/C14H12O6/c1-14(7-15,6-11(16)19-2)8-3-4-9-10(5-8)13(18)20-12(9)17/h3-5,7H,6H2,1-2H3. The molecule has 104 valence electrons. The van der Waals surface area contributed by atoms with Crippen molar-refractivity contribution in [3.05, 3.63) is 34.9 Å². The van der Waals surface area contributed by atoms with Crippen molar-refractivity contribution >= 4 is 24.2 Å². The quantitative estimate of drug-likeness (QED) is 0.463. The van der Waals surface area contributed by atoms with Crippen molar-refractivity contribution in [2.75, 3.05) is 7.11 Å². The van der Waals surface area contributed by atoms with E-state index in [1.807, 2.05) is 0 Å². The van der Waals surface area contributed by atoms with Crippen LogP contribution in [0.4, 0.5) is 0 Å². The van der Waals surface area contributed by atoms with E-state index in [2.05, 4.69) is 9.47 Å². The van der Waals surface area contributed by atoms with Crippen LogP contribution in [0.5, 0.6) is 0 Å². The zero-order valence-corrected chi connectivity index (χ0v) is 11.0. The van der Waals surface area contributed by atoms with Crippen LogP contribution in [0.3, 0.4) is 0 Å². The summed E-state index contributed by atoms with van der Waals surface area (Å²) in [4.78, 5) is 45.6. The molecule has 0 fully saturated rings. The maximum absolute atomic E-state index is 11.5. The monoisotopic (exact) mass is 276 g/mol. The van der Waals surface area contributed by atoms with Crippen LogP contribution in [0, 0.1) is 0 Å². The molecule has 1 unspecified atom stereocenters. The zero-order valence-electron chi connectivity index (χ0n) is 11.0. The largest absolute Gasteiger partial charge is 0.469 e. The first-order valence-electron chi connectivity index (χ1n) is 5.85. The second-order valence-corrected chi connectivity index (χ2v) is 4.73. The third-order valence-electron chi connectivity index (χ3n) is 3.30. The van der Waals surface area contributed by atoms with Gasteiger partial charge in [-0.1, -0.05) is 6.07 Å². The van der Waals surface area contributed by atoms with Gasteiger partial charge in [0, 0.05) is 0 Å². The molecular formula is C14H12O6. The minimum absolute atomic E-state index is 0.102. The van der Waals surface area contributed by atoms with E-state index >= 15 is 0 Å². The number of ether oxygens (including phenoxy) is 2. The van der Waals surface area contributed by atoms with E-state index in [1.165, 1.54) is 25.3 Å². The summed E-state index contributed by atoms with van der Waals surface area (Å²) in [5.41, 5.74) is -0.424. The minimum Gasteiger partial charge on any atom is -0.469 e. The molecule has 1 aliphatic heterocycles. The van der Waals surface area contributed by atoms with Crippen molar-refractivity contribution in [3.63, 3.8) is 0 Å². The zero-order chi connectivity index (χ0) is 14.9. The lowest BCUT2D eigenvalue weighted by molar-refractivity contribution is -0.143. The molecule has 6 heteroatoms. The molecule has 0 bridgehead atoms. The summed E-state index contributed by atoms with van der Waals surface area (Å²) >= 11 is 0. The summed E-state index contributed by atoms with van der Waals surface area (Å²) in [5, 5.41) is 0. The van der Waals surface area contributed by atoms with Crippen molar-refractivity contribution in [1.82, 2.24) is 0 Å². The first-order valence-corrected chi connectivity index (χ1v) is 5.85. The van der Waals surface area contributed by atoms with Crippen LogP contribution in [0.25, 0.3) is 0 Å². The molecule has 0 aromatic heterocycles. The summed E-state index contributed by atoms with van der Waals surface area (Å²) in [5.74, 6) is -2.01. The Balaban J connectivity index is 2.44. The SMILES string of the molecule is COC(=O)CC(C)(C=O)c1ccc2c(c1)C(=O)OC2=O. The van der Waals surface area contributed by atoms with Gasteiger partial charge in [-0.15, -0.1) is 0 Å². The van der Waals surface area contributed by atoms with E-state index in [9.17, 15) is 19.2 Å². The Kier molecular flexibility index (Phi) is 3.40. The van der Waals surface area contributed by atoms with Crippen LogP contribution in [-0.2, 0) is 24.5 Å². The van der Waals surface area contributed by atoms with Gasteiger partial charge in [0.2, 0.25) is 0 Å². The fourth-order valence-electron chi connectivity index (χ4n) is 2.02. The summed E-state index contributed by atoms with van der Waals surface area (Å²) in [7, 11) is 1.23. The molecule has 1 aromatic carbocycles. The molecular weight excluding hydrogens is 264 g/mol. The number of cyclic esters (lactones) is 2. The van der Waals surface area contributed by atoms with E-state index in [-0.39, 0.29) is 17.5 Å². The molecule has 0 spiro atoms. The van der Waals surface area contributed by atoms with Gasteiger partial charge in [0.15, 0.2) is 0 Å². The van der Waals surface area contributed by atoms with Crippen LogP contribution in [0.1, 0.15) is 39.6 Å². The van der Waals surface area contributed by atoms with Gasteiger partial charge in [-0.05, 0) is 24.6 Å². The topological polar surface area (TPSA) is 86.7 Å². The molecule has 0 aliphatic carbocycles. The number of esters is 3. The second kappa shape index (κ2) is 4.88. The fraction of sp³-hybridized carbons (Fsp3) is 0.286. The molecule has 0 N–H and O–H groups in total. The van der Waals surface area contributed by atoms with Crippen LogP contribution in [-0.4, -0.2) is 31.3 Å². The lowest BCUT2D eigenvalue weighted by atomic mass is 9.80. The number of methoxy groups -OCH3 is 1. The molecule has 1 heterocycles. The predicted octanol–water partition coefficient (Wildman–Crippen LogP) is 1.02. The molecule has 1 atom stereocenters. The number of rotatable bonds is 4. The Hall–Kier alpha value is -2.50. The third kappa shape index (κ3) is 2.20. The van der Waals surface area contributed by atoms with Crippen LogP contribution in [0.15, 0.2) is 18.2 Å². The smallest absolute Gasteiger partial charge is 0.346 e. The van der Waals surface area contributed by atoms with Gasteiger partial charge in [0.05, 0.1) is 30.1 Å². The van der Waals surface area contributed by atoms with Crippen molar-refractivity contribution in [2.24, 2.45) is 0 Å². The maximum Gasteiger partial charge on any atom is 0.346 e. The van der Waals surface area contributed by atoms with E-state index < -0.39 is 23.3 Å². The number of hydrogen-bond donors (Lipinski definition) is 0. The Labute approximate surface area is 114 Å². The molecule has 1 aromatic rings. The Morgan fingerprint density at radius 2 is 1.95 bits per heavy atom. The number of carbonyl (C=O) groups is 4. The number of benzene rings is 1. The van der Waals surface area contributed by atoms with Crippen LogP contribution >= 0.6 is 0 Å². The molecule has 1 aliphatic rings. The average Bonchev–Trinajstić information content (AvgIpc) is 2.73. The maximum atomic E-state index is 11.5. The highest BCUT2D eigenvalue weighted by molar-refractivity contribution is 6.14. The van der Waals surface area contributed by atoms with Gasteiger partial charge in [-0.2, -0.15) is 0 Å². The molecule has 0 saturated carbocycles. The molecule has 0 amide bonds. The number of carbonyl (C=O) groups excluding carboxylic acids is 4. The lowest BCUT2D eigenvalue weighted by Crippen LogP contribution is -2.28. The number of hydrogen-bond acceptors (Lipinski definition) is 6. The van der Waals surface area contributed by atoms with Gasteiger partial charge >= 0.3 is 17.9 Å². The van der Waals surface area contributed by atoms with E-state index in [4.69, 9.17) is 0 Å². The van der Waals surface area contributed by atoms with Gasteiger partial charge in [0.1, 0.15) is 6.29 Å². The molecule has 6 nitrogen and oxygen atoms in total. The summed E-state index contributed by atoms with van der Waals surface area (Å²) in [6.07, 6.45) is 0.461.